The van der Waals surface area contributed by atoms with E-state index in [1.165, 1.54) is 5.56 Å². The zero-order chi connectivity index (χ0) is 14.1. The molecule has 0 bridgehead atoms. The third kappa shape index (κ3) is 2.50. The molecule has 0 amide bonds. The first-order valence-corrected chi connectivity index (χ1v) is 6.59. The first-order valence-electron chi connectivity index (χ1n) is 6.59. The highest BCUT2D eigenvalue weighted by atomic mass is 19.1. The van der Waals surface area contributed by atoms with E-state index in [0.29, 0.717) is 18.1 Å². The zero-order valence-electron chi connectivity index (χ0n) is 10.7. The largest absolute Gasteiger partial charge is 0.378 e. The minimum atomic E-state index is -0.902. The second-order valence-electron chi connectivity index (χ2n) is 5.16. The van der Waals surface area contributed by atoms with Crippen molar-refractivity contribution in [2.24, 2.45) is 0 Å². The van der Waals surface area contributed by atoms with Gasteiger partial charge in [-0.2, -0.15) is 0 Å². The standard InChI is InChI=1S/C16H14F3N/c17-12-8-14(18)16(15(19)9-12)20-13-6-11(7-13)10-4-2-1-3-5-10/h1-5,8-9,11,13,20H,6-7H2. The Morgan fingerprint density at radius 3 is 2.10 bits per heavy atom. The summed E-state index contributed by atoms with van der Waals surface area (Å²) in [5.41, 5.74) is 1.01. The predicted molar refractivity (Wildman–Crippen MR) is 72.1 cm³/mol. The number of rotatable bonds is 3. The fourth-order valence-corrected chi connectivity index (χ4v) is 2.62. The topological polar surface area (TPSA) is 12.0 Å². The van der Waals surface area contributed by atoms with Gasteiger partial charge < -0.3 is 5.32 Å². The van der Waals surface area contributed by atoms with Crippen molar-refractivity contribution in [3.8, 4) is 0 Å². The first-order chi connectivity index (χ1) is 9.63. The maximum absolute atomic E-state index is 13.5. The van der Waals surface area contributed by atoms with Gasteiger partial charge in [0.2, 0.25) is 0 Å². The van der Waals surface area contributed by atoms with Crippen LogP contribution in [-0.2, 0) is 0 Å². The van der Waals surface area contributed by atoms with Gasteiger partial charge in [-0.1, -0.05) is 30.3 Å². The normalized spacial score (nSPS) is 21.4. The monoisotopic (exact) mass is 277 g/mol. The molecule has 3 rings (SSSR count). The second kappa shape index (κ2) is 5.19. The zero-order valence-corrected chi connectivity index (χ0v) is 10.7. The molecule has 0 spiro atoms. The van der Waals surface area contributed by atoms with Crippen molar-refractivity contribution in [1.82, 2.24) is 0 Å². The van der Waals surface area contributed by atoms with E-state index in [4.69, 9.17) is 0 Å². The third-order valence-electron chi connectivity index (χ3n) is 3.76. The second-order valence-corrected chi connectivity index (χ2v) is 5.16. The van der Waals surface area contributed by atoms with Crippen LogP contribution in [0.1, 0.15) is 24.3 Å². The summed E-state index contributed by atoms with van der Waals surface area (Å²) >= 11 is 0. The summed E-state index contributed by atoms with van der Waals surface area (Å²) in [4.78, 5) is 0. The summed E-state index contributed by atoms with van der Waals surface area (Å²) in [6.45, 7) is 0. The quantitative estimate of drug-likeness (QED) is 0.873. The molecule has 104 valence electrons. The van der Waals surface area contributed by atoms with Gasteiger partial charge in [-0.05, 0) is 24.3 Å². The Kier molecular flexibility index (Phi) is 3.38. The van der Waals surface area contributed by atoms with Crippen LogP contribution in [0.2, 0.25) is 0 Å². The molecule has 1 fully saturated rings. The average Bonchev–Trinajstić information content (AvgIpc) is 2.36. The van der Waals surface area contributed by atoms with E-state index in [9.17, 15) is 13.2 Å². The number of hydrogen-bond acceptors (Lipinski definition) is 1. The molecule has 1 saturated carbocycles. The van der Waals surface area contributed by atoms with Crippen LogP contribution in [0.3, 0.4) is 0 Å². The van der Waals surface area contributed by atoms with E-state index in [2.05, 4.69) is 17.4 Å². The minimum absolute atomic E-state index is 0.0228. The number of anilines is 1. The molecule has 20 heavy (non-hydrogen) atoms. The molecule has 0 aliphatic heterocycles. The van der Waals surface area contributed by atoms with Crippen molar-refractivity contribution < 1.29 is 13.2 Å². The fourth-order valence-electron chi connectivity index (χ4n) is 2.62. The summed E-state index contributed by atoms with van der Waals surface area (Å²) in [6, 6.07) is 11.4. The Morgan fingerprint density at radius 2 is 1.50 bits per heavy atom. The van der Waals surface area contributed by atoms with Gasteiger partial charge in [-0.3, -0.25) is 0 Å². The van der Waals surface area contributed by atoms with Crippen LogP contribution >= 0.6 is 0 Å². The highest BCUT2D eigenvalue weighted by Gasteiger charge is 2.31. The highest BCUT2D eigenvalue weighted by molar-refractivity contribution is 5.48. The van der Waals surface area contributed by atoms with Crippen molar-refractivity contribution in [3.05, 3.63) is 65.5 Å². The van der Waals surface area contributed by atoms with E-state index >= 15 is 0 Å². The van der Waals surface area contributed by atoms with E-state index < -0.39 is 17.5 Å². The van der Waals surface area contributed by atoms with Crippen LogP contribution in [0.5, 0.6) is 0 Å². The van der Waals surface area contributed by atoms with Crippen molar-refractivity contribution in [1.29, 1.82) is 0 Å². The molecule has 2 aromatic carbocycles. The van der Waals surface area contributed by atoms with E-state index in [-0.39, 0.29) is 11.7 Å². The van der Waals surface area contributed by atoms with E-state index in [1.807, 2.05) is 18.2 Å². The highest BCUT2D eigenvalue weighted by Crippen LogP contribution is 2.39. The van der Waals surface area contributed by atoms with E-state index in [0.717, 1.165) is 12.8 Å². The van der Waals surface area contributed by atoms with Gasteiger partial charge in [0.05, 0.1) is 0 Å². The third-order valence-corrected chi connectivity index (χ3v) is 3.76. The molecule has 4 heteroatoms. The SMILES string of the molecule is Fc1cc(F)c(NC2CC(c3ccccc3)C2)c(F)c1. The first kappa shape index (κ1) is 13.0. The molecule has 0 unspecified atom stereocenters. The minimum Gasteiger partial charge on any atom is -0.378 e. The Labute approximate surface area is 115 Å². The Bertz CT molecular complexity index is 583. The molecule has 0 heterocycles. The molecule has 1 nitrogen and oxygen atoms in total. The number of nitrogens with one attached hydrogen (secondary N) is 1. The summed E-state index contributed by atoms with van der Waals surface area (Å²) in [5, 5.41) is 2.83. The molecule has 1 aliphatic carbocycles. The number of halogens is 3. The molecule has 0 radical (unpaired) electrons. The van der Waals surface area contributed by atoms with Crippen LogP contribution in [-0.4, -0.2) is 6.04 Å². The van der Waals surface area contributed by atoms with Crippen molar-refractivity contribution in [2.45, 2.75) is 24.8 Å². The smallest absolute Gasteiger partial charge is 0.152 e. The molecule has 0 aromatic heterocycles. The van der Waals surface area contributed by atoms with Gasteiger partial charge in [0.15, 0.2) is 11.6 Å². The van der Waals surface area contributed by atoms with Crippen LogP contribution in [0.4, 0.5) is 18.9 Å². The summed E-state index contributed by atoms with van der Waals surface area (Å²) < 4.78 is 39.8. The molecule has 0 saturated heterocycles. The molecule has 1 N–H and O–H groups in total. The van der Waals surface area contributed by atoms with Crippen LogP contribution in [0, 0.1) is 17.5 Å². The average molecular weight is 277 g/mol. The maximum Gasteiger partial charge on any atom is 0.152 e. The molecule has 2 aromatic rings. The lowest BCUT2D eigenvalue weighted by Gasteiger charge is -2.37. The van der Waals surface area contributed by atoms with Crippen LogP contribution in [0.15, 0.2) is 42.5 Å². The Hall–Kier alpha value is -1.97. The van der Waals surface area contributed by atoms with Gasteiger partial charge >= 0.3 is 0 Å². The lowest BCUT2D eigenvalue weighted by Crippen LogP contribution is -2.34. The molecular weight excluding hydrogens is 263 g/mol. The summed E-state index contributed by atoms with van der Waals surface area (Å²) in [7, 11) is 0. The van der Waals surface area contributed by atoms with Gasteiger partial charge in [0, 0.05) is 18.2 Å². The molecule has 1 aliphatic rings. The van der Waals surface area contributed by atoms with Gasteiger partial charge in [-0.15, -0.1) is 0 Å². The van der Waals surface area contributed by atoms with Crippen molar-refractivity contribution in [2.75, 3.05) is 5.32 Å². The number of hydrogen-bond donors (Lipinski definition) is 1. The Morgan fingerprint density at radius 1 is 0.900 bits per heavy atom. The fraction of sp³-hybridized carbons (Fsp3) is 0.250. The van der Waals surface area contributed by atoms with Crippen LogP contribution in [0.25, 0.3) is 0 Å². The van der Waals surface area contributed by atoms with Gasteiger partial charge in [0.1, 0.15) is 11.5 Å². The lowest BCUT2D eigenvalue weighted by molar-refractivity contribution is 0.371. The van der Waals surface area contributed by atoms with Crippen molar-refractivity contribution in [3.63, 3.8) is 0 Å². The summed E-state index contributed by atoms with van der Waals surface area (Å²) in [6.07, 6.45) is 1.64. The number of benzene rings is 2. The van der Waals surface area contributed by atoms with E-state index in [1.54, 1.807) is 0 Å². The van der Waals surface area contributed by atoms with Crippen molar-refractivity contribution >= 4 is 5.69 Å². The molecular formula is C16H14F3N. The molecule has 0 atom stereocenters. The summed E-state index contributed by atoms with van der Waals surface area (Å²) in [5.74, 6) is -2.25. The van der Waals surface area contributed by atoms with Crippen LogP contribution < -0.4 is 5.32 Å². The maximum atomic E-state index is 13.5. The van der Waals surface area contributed by atoms with Gasteiger partial charge in [0.25, 0.3) is 0 Å². The lowest BCUT2D eigenvalue weighted by atomic mass is 9.76. The Balaban J connectivity index is 1.65. The van der Waals surface area contributed by atoms with Gasteiger partial charge in [-0.25, -0.2) is 13.2 Å². The predicted octanol–water partition coefficient (Wildman–Crippen LogP) is 4.46.